The van der Waals surface area contributed by atoms with Crippen LogP contribution in [0.5, 0.6) is 0 Å². The highest BCUT2D eigenvalue weighted by Crippen LogP contribution is 2.38. The molecule has 0 N–H and O–H groups in total. The number of benzene rings is 8. The van der Waals surface area contributed by atoms with Gasteiger partial charge in [-0.25, -0.2) is 15.0 Å². The maximum atomic E-state index is 4.93. The van der Waals surface area contributed by atoms with Crippen molar-refractivity contribution >= 4 is 21.8 Å². The number of fused-ring (bicyclic) bond motifs is 3. The van der Waals surface area contributed by atoms with Crippen LogP contribution < -0.4 is 0 Å². The lowest BCUT2D eigenvalue weighted by Crippen LogP contribution is -2.00. The number of nitrogens with zero attached hydrogens (tertiary/aromatic N) is 4. The molecule has 0 aliphatic rings. The largest absolute Gasteiger partial charge is 0.309 e. The van der Waals surface area contributed by atoms with Crippen molar-refractivity contribution in [1.29, 1.82) is 0 Å². The van der Waals surface area contributed by atoms with Crippen molar-refractivity contribution < 1.29 is 0 Å². The Balaban J connectivity index is 1.05. The van der Waals surface area contributed by atoms with Gasteiger partial charge in [0.2, 0.25) is 0 Å². The molecule has 2 heterocycles. The molecular formula is C51H34N4. The van der Waals surface area contributed by atoms with Gasteiger partial charge >= 0.3 is 0 Å². The molecule has 0 unspecified atom stereocenters. The lowest BCUT2D eigenvalue weighted by atomic mass is 9.94. The van der Waals surface area contributed by atoms with E-state index >= 15 is 0 Å². The van der Waals surface area contributed by atoms with E-state index in [1.807, 2.05) is 60.7 Å². The summed E-state index contributed by atoms with van der Waals surface area (Å²) in [5.74, 6) is 1.95. The molecule has 0 radical (unpaired) electrons. The van der Waals surface area contributed by atoms with E-state index in [2.05, 4.69) is 150 Å². The van der Waals surface area contributed by atoms with Crippen LogP contribution in [0.4, 0.5) is 0 Å². The van der Waals surface area contributed by atoms with E-state index in [9.17, 15) is 0 Å². The quantitative estimate of drug-likeness (QED) is 0.166. The predicted molar refractivity (Wildman–Crippen MR) is 227 cm³/mol. The molecule has 8 aromatic carbocycles. The number of hydrogen-bond donors (Lipinski definition) is 0. The first kappa shape index (κ1) is 32.2. The van der Waals surface area contributed by atoms with Crippen molar-refractivity contribution in [2.45, 2.75) is 0 Å². The van der Waals surface area contributed by atoms with Gasteiger partial charge in [0.1, 0.15) is 0 Å². The smallest absolute Gasteiger partial charge is 0.164 e. The third-order valence-corrected chi connectivity index (χ3v) is 10.3. The maximum absolute atomic E-state index is 4.93. The van der Waals surface area contributed by atoms with E-state index in [0.29, 0.717) is 17.5 Å². The van der Waals surface area contributed by atoms with Gasteiger partial charge in [-0.1, -0.05) is 182 Å². The van der Waals surface area contributed by atoms with Crippen molar-refractivity contribution in [3.8, 4) is 73.2 Å². The fourth-order valence-electron chi connectivity index (χ4n) is 7.59. The minimum Gasteiger partial charge on any atom is -0.309 e. The van der Waals surface area contributed by atoms with Crippen LogP contribution in [0.25, 0.3) is 95.0 Å². The zero-order valence-corrected chi connectivity index (χ0v) is 29.9. The highest BCUT2D eigenvalue weighted by Gasteiger charge is 2.16. The molecule has 258 valence electrons. The van der Waals surface area contributed by atoms with Gasteiger partial charge in [0, 0.05) is 33.2 Å². The van der Waals surface area contributed by atoms with Crippen LogP contribution >= 0.6 is 0 Å². The van der Waals surface area contributed by atoms with Crippen LogP contribution in [-0.2, 0) is 0 Å². The third kappa shape index (κ3) is 6.06. The molecule has 0 atom stereocenters. The lowest BCUT2D eigenvalue weighted by molar-refractivity contribution is 1.07. The molecule has 0 aliphatic carbocycles. The summed E-state index contributed by atoms with van der Waals surface area (Å²) in [5.41, 5.74) is 13.4. The van der Waals surface area contributed by atoms with Crippen LogP contribution in [0, 0.1) is 0 Å². The average Bonchev–Trinajstić information content (AvgIpc) is 3.61. The Hall–Kier alpha value is -7.43. The Labute approximate surface area is 319 Å². The second kappa shape index (κ2) is 13.8. The van der Waals surface area contributed by atoms with Gasteiger partial charge in [-0.3, -0.25) is 0 Å². The minimum absolute atomic E-state index is 0.642. The maximum Gasteiger partial charge on any atom is 0.164 e. The predicted octanol–water partition coefficient (Wildman–Crippen LogP) is 13.0. The molecule has 55 heavy (non-hydrogen) atoms. The van der Waals surface area contributed by atoms with Gasteiger partial charge in [0.05, 0.1) is 11.0 Å². The summed E-state index contributed by atoms with van der Waals surface area (Å²) in [7, 11) is 0. The zero-order chi connectivity index (χ0) is 36.6. The van der Waals surface area contributed by atoms with E-state index in [-0.39, 0.29) is 0 Å². The van der Waals surface area contributed by atoms with Crippen molar-refractivity contribution in [3.05, 3.63) is 206 Å². The molecule has 10 rings (SSSR count). The van der Waals surface area contributed by atoms with Crippen LogP contribution in [0.1, 0.15) is 0 Å². The van der Waals surface area contributed by atoms with Crippen molar-refractivity contribution in [1.82, 2.24) is 19.5 Å². The molecule has 10 aromatic rings. The molecule has 0 saturated heterocycles. The molecule has 0 spiro atoms. The monoisotopic (exact) mass is 702 g/mol. The Morgan fingerprint density at radius 2 is 0.727 bits per heavy atom. The normalized spacial score (nSPS) is 11.3. The summed E-state index contributed by atoms with van der Waals surface area (Å²) in [5, 5.41) is 2.46. The molecule has 4 heteroatoms. The fraction of sp³-hybridized carbons (Fsp3) is 0. The second-order valence-corrected chi connectivity index (χ2v) is 13.7. The van der Waals surface area contributed by atoms with Gasteiger partial charge in [-0.15, -0.1) is 0 Å². The van der Waals surface area contributed by atoms with Gasteiger partial charge in [0.15, 0.2) is 17.5 Å². The molecule has 0 bridgehead atoms. The van der Waals surface area contributed by atoms with Crippen LogP contribution in [0.2, 0.25) is 0 Å². The van der Waals surface area contributed by atoms with Gasteiger partial charge < -0.3 is 4.57 Å². The summed E-state index contributed by atoms with van der Waals surface area (Å²) in [6, 6.07) is 72.4. The lowest BCUT2D eigenvalue weighted by Gasteiger charge is -2.13. The van der Waals surface area contributed by atoms with Crippen molar-refractivity contribution in [2.24, 2.45) is 0 Å². The number of hydrogen-bond acceptors (Lipinski definition) is 3. The zero-order valence-electron chi connectivity index (χ0n) is 29.9. The average molecular weight is 703 g/mol. The second-order valence-electron chi connectivity index (χ2n) is 13.7. The van der Waals surface area contributed by atoms with Crippen LogP contribution in [0.3, 0.4) is 0 Å². The standard InChI is InChI=1S/C51H34N4/c1-4-15-36(16-5-1)43-23-10-11-24-44(43)41-31-32-46-45-25-12-13-26-47(45)55(48(46)34-41)42-22-14-21-40(33-42)35-27-29-39(30-28-35)51-53-49(37-17-6-2-7-18-37)52-50(54-51)38-19-8-3-9-20-38/h1-34H. The number of aromatic nitrogens is 4. The molecule has 2 aromatic heterocycles. The molecule has 0 amide bonds. The molecule has 0 aliphatic heterocycles. The van der Waals surface area contributed by atoms with Gasteiger partial charge in [-0.2, -0.15) is 0 Å². The SMILES string of the molecule is c1ccc(-c2nc(-c3ccccc3)nc(-c3ccc(-c4cccc(-n5c6ccccc6c6ccc(-c7ccccc7-c7ccccc7)cc65)c4)cc3)n2)cc1. The van der Waals surface area contributed by atoms with Crippen molar-refractivity contribution in [2.75, 3.05) is 0 Å². The highest BCUT2D eigenvalue weighted by atomic mass is 15.0. The Kier molecular flexibility index (Phi) is 8.12. The first-order chi connectivity index (χ1) is 27.3. The number of para-hydroxylation sites is 1. The topological polar surface area (TPSA) is 43.6 Å². The van der Waals surface area contributed by atoms with Gasteiger partial charge in [0.25, 0.3) is 0 Å². The Bertz CT molecular complexity index is 2890. The summed E-state index contributed by atoms with van der Waals surface area (Å²) in [6.45, 7) is 0. The molecular weight excluding hydrogens is 669 g/mol. The summed E-state index contributed by atoms with van der Waals surface area (Å²) in [6.07, 6.45) is 0. The van der Waals surface area contributed by atoms with E-state index in [0.717, 1.165) is 33.5 Å². The van der Waals surface area contributed by atoms with E-state index in [4.69, 9.17) is 15.0 Å². The van der Waals surface area contributed by atoms with E-state index < -0.39 is 0 Å². The number of rotatable bonds is 7. The van der Waals surface area contributed by atoms with Crippen LogP contribution in [-0.4, -0.2) is 19.5 Å². The van der Waals surface area contributed by atoms with E-state index in [1.54, 1.807) is 0 Å². The van der Waals surface area contributed by atoms with Gasteiger partial charge in [-0.05, 0) is 57.6 Å². The van der Waals surface area contributed by atoms with E-state index in [1.165, 1.54) is 44.1 Å². The first-order valence-corrected chi connectivity index (χ1v) is 18.5. The van der Waals surface area contributed by atoms with Crippen molar-refractivity contribution in [3.63, 3.8) is 0 Å². The molecule has 0 saturated carbocycles. The summed E-state index contributed by atoms with van der Waals surface area (Å²) < 4.78 is 2.40. The highest BCUT2D eigenvalue weighted by molar-refractivity contribution is 6.10. The summed E-state index contributed by atoms with van der Waals surface area (Å²) in [4.78, 5) is 14.7. The molecule has 0 fully saturated rings. The van der Waals surface area contributed by atoms with Crippen LogP contribution in [0.15, 0.2) is 206 Å². The molecule has 4 nitrogen and oxygen atoms in total. The first-order valence-electron chi connectivity index (χ1n) is 18.5. The Morgan fingerprint density at radius 1 is 0.273 bits per heavy atom. The summed E-state index contributed by atoms with van der Waals surface area (Å²) >= 11 is 0. The fourth-order valence-corrected chi connectivity index (χ4v) is 7.59. The minimum atomic E-state index is 0.642. The third-order valence-electron chi connectivity index (χ3n) is 10.3. The Morgan fingerprint density at radius 3 is 1.36 bits per heavy atom.